The third-order valence-electron chi connectivity index (χ3n) is 4.00. The van der Waals surface area contributed by atoms with Crippen molar-refractivity contribution in [3.63, 3.8) is 0 Å². The van der Waals surface area contributed by atoms with Gasteiger partial charge in [0.25, 0.3) is 5.91 Å². The number of hydrogen-bond donors (Lipinski definition) is 0. The highest BCUT2D eigenvalue weighted by Crippen LogP contribution is 2.32. The van der Waals surface area contributed by atoms with E-state index in [0.717, 1.165) is 0 Å². The summed E-state index contributed by atoms with van der Waals surface area (Å²) in [6.07, 6.45) is 0. The minimum Gasteiger partial charge on any atom is -0.496 e. The number of rotatable bonds is 6. The summed E-state index contributed by atoms with van der Waals surface area (Å²) >= 11 is 7.36. The Bertz CT molecular complexity index is 981. The maximum absolute atomic E-state index is 14.1. The molecular weight excluding hydrogens is 424 g/mol. The van der Waals surface area contributed by atoms with E-state index in [-0.39, 0.29) is 23.8 Å². The van der Waals surface area contributed by atoms with E-state index in [4.69, 9.17) is 16.3 Å². The van der Waals surface area contributed by atoms with Crippen LogP contribution in [-0.4, -0.2) is 50.1 Å². The zero-order chi connectivity index (χ0) is 19.6. The van der Waals surface area contributed by atoms with Crippen LogP contribution in [0.15, 0.2) is 36.4 Å². The molecule has 0 bridgehead atoms. The van der Waals surface area contributed by atoms with Crippen LogP contribution < -0.4 is 9.64 Å². The second-order valence-corrected chi connectivity index (χ2v) is 7.63. The Hall–Kier alpha value is -1.93. The number of carbonyl (C=O) groups is 1. The lowest BCUT2D eigenvalue weighted by atomic mass is 10.1. The van der Waals surface area contributed by atoms with E-state index in [1.54, 1.807) is 30.3 Å². The van der Waals surface area contributed by atoms with Crippen LogP contribution in [0.4, 0.5) is 9.52 Å². The first kappa shape index (κ1) is 22.4. The molecule has 0 fully saturated rings. The van der Waals surface area contributed by atoms with Crippen LogP contribution in [0.5, 0.6) is 5.75 Å². The van der Waals surface area contributed by atoms with Crippen LogP contribution in [0.1, 0.15) is 10.4 Å². The maximum Gasteiger partial charge on any atom is 0.263 e. The van der Waals surface area contributed by atoms with Crippen molar-refractivity contribution >= 4 is 56.6 Å². The highest BCUT2D eigenvalue weighted by Gasteiger charge is 2.25. The van der Waals surface area contributed by atoms with Crippen LogP contribution in [0, 0.1) is 5.82 Å². The molecule has 0 atom stereocenters. The number of halogens is 3. The molecule has 0 N–H and O–H groups in total. The molecule has 0 spiro atoms. The Morgan fingerprint density at radius 2 is 2.00 bits per heavy atom. The standard InChI is InChI=1S/C19H19ClFN3O2S.ClH/c1-23(2)9-10-24(18(25)13-11-12(20)7-8-15(13)26-3)19-22-17-14(21)5-4-6-16(17)27-19;/h4-8,11H,9-10H2,1-3H3;1H. The van der Waals surface area contributed by atoms with Gasteiger partial charge in [0, 0.05) is 18.1 Å². The van der Waals surface area contributed by atoms with E-state index >= 15 is 0 Å². The Kier molecular flexibility index (Phi) is 7.60. The first-order chi connectivity index (χ1) is 12.9. The maximum atomic E-state index is 14.1. The Labute approximate surface area is 178 Å². The fourth-order valence-electron chi connectivity index (χ4n) is 2.60. The van der Waals surface area contributed by atoms with Crippen molar-refractivity contribution in [2.24, 2.45) is 0 Å². The number of hydrogen-bond acceptors (Lipinski definition) is 5. The van der Waals surface area contributed by atoms with Crippen molar-refractivity contribution in [2.75, 3.05) is 39.2 Å². The molecule has 0 saturated carbocycles. The smallest absolute Gasteiger partial charge is 0.263 e. The lowest BCUT2D eigenvalue weighted by Gasteiger charge is -2.23. The Morgan fingerprint density at radius 3 is 2.64 bits per heavy atom. The molecule has 5 nitrogen and oxygen atoms in total. The van der Waals surface area contributed by atoms with Gasteiger partial charge in [-0.1, -0.05) is 29.0 Å². The first-order valence-electron chi connectivity index (χ1n) is 8.26. The van der Waals surface area contributed by atoms with Gasteiger partial charge in [0.1, 0.15) is 17.1 Å². The Morgan fingerprint density at radius 1 is 1.25 bits per heavy atom. The second-order valence-electron chi connectivity index (χ2n) is 6.19. The summed E-state index contributed by atoms with van der Waals surface area (Å²) in [5.41, 5.74) is 0.599. The number of benzene rings is 2. The van der Waals surface area contributed by atoms with Crippen LogP contribution in [0.25, 0.3) is 10.2 Å². The Balaban J connectivity index is 0.00000280. The normalized spacial score (nSPS) is 10.8. The number of amides is 1. The highest BCUT2D eigenvalue weighted by atomic mass is 35.5. The van der Waals surface area contributed by atoms with Gasteiger partial charge in [-0.3, -0.25) is 9.69 Å². The average Bonchev–Trinajstić information content (AvgIpc) is 3.06. The van der Waals surface area contributed by atoms with Gasteiger partial charge < -0.3 is 9.64 Å². The van der Waals surface area contributed by atoms with Crippen molar-refractivity contribution in [2.45, 2.75) is 0 Å². The first-order valence-corrected chi connectivity index (χ1v) is 9.45. The lowest BCUT2D eigenvalue weighted by molar-refractivity contribution is 0.0982. The SMILES string of the molecule is COc1ccc(Cl)cc1C(=O)N(CCN(C)C)c1nc2c(F)cccc2s1.Cl. The quantitative estimate of drug-likeness (QED) is 0.552. The van der Waals surface area contributed by atoms with E-state index in [1.807, 2.05) is 19.0 Å². The number of ether oxygens (including phenoxy) is 1. The van der Waals surface area contributed by atoms with E-state index in [2.05, 4.69) is 4.98 Å². The van der Waals surface area contributed by atoms with E-state index in [0.29, 0.717) is 39.3 Å². The summed E-state index contributed by atoms with van der Waals surface area (Å²) in [5, 5.41) is 0.867. The minimum absolute atomic E-state index is 0. The molecule has 0 aliphatic rings. The summed E-state index contributed by atoms with van der Waals surface area (Å²) < 4.78 is 20.1. The molecule has 0 unspecified atom stereocenters. The topological polar surface area (TPSA) is 45.7 Å². The summed E-state index contributed by atoms with van der Waals surface area (Å²) in [7, 11) is 5.33. The molecule has 3 aromatic rings. The van der Waals surface area contributed by atoms with Crippen LogP contribution in [-0.2, 0) is 0 Å². The molecule has 9 heteroatoms. The zero-order valence-corrected chi connectivity index (χ0v) is 18.0. The van der Waals surface area contributed by atoms with Gasteiger partial charge in [0.2, 0.25) is 0 Å². The van der Waals surface area contributed by atoms with E-state index in [1.165, 1.54) is 29.4 Å². The number of anilines is 1. The van der Waals surface area contributed by atoms with Gasteiger partial charge in [-0.25, -0.2) is 9.37 Å². The molecule has 0 aliphatic carbocycles. The van der Waals surface area contributed by atoms with Gasteiger partial charge >= 0.3 is 0 Å². The van der Waals surface area contributed by atoms with Crippen molar-refractivity contribution in [3.8, 4) is 5.75 Å². The number of nitrogens with zero attached hydrogens (tertiary/aromatic N) is 3. The monoisotopic (exact) mass is 443 g/mol. The highest BCUT2D eigenvalue weighted by molar-refractivity contribution is 7.22. The van der Waals surface area contributed by atoms with Crippen molar-refractivity contribution in [1.29, 1.82) is 0 Å². The third kappa shape index (κ3) is 4.72. The molecule has 1 amide bonds. The minimum atomic E-state index is -0.407. The van der Waals surface area contributed by atoms with Crippen LogP contribution >= 0.6 is 35.3 Å². The third-order valence-corrected chi connectivity index (χ3v) is 5.28. The summed E-state index contributed by atoms with van der Waals surface area (Å²) in [5.74, 6) is -0.280. The van der Waals surface area contributed by atoms with Gasteiger partial charge in [0.05, 0.1) is 17.4 Å². The van der Waals surface area contributed by atoms with Crippen LogP contribution in [0.3, 0.4) is 0 Å². The number of likely N-dealkylation sites (N-methyl/N-ethyl adjacent to an activating group) is 1. The summed E-state index contributed by atoms with van der Waals surface area (Å²) in [4.78, 5) is 21.2. The molecule has 0 aliphatic heterocycles. The molecule has 0 saturated heterocycles. The zero-order valence-electron chi connectivity index (χ0n) is 15.6. The molecule has 1 aromatic heterocycles. The molecule has 28 heavy (non-hydrogen) atoms. The number of para-hydroxylation sites is 1. The van der Waals surface area contributed by atoms with Gasteiger partial charge in [-0.2, -0.15) is 0 Å². The number of carbonyl (C=O) groups excluding carboxylic acids is 1. The van der Waals surface area contributed by atoms with Crippen molar-refractivity contribution < 1.29 is 13.9 Å². The molecule has 0 radical (unpaired) electrons. The predicted molar refractivity (Wildman–Crippen MR) is 115 cm³/mol. The van der Waals surface area contributed by atoms with Crippen LogP contribution in [0.2, 0.25) is 5.02 Å². The van der Waals surface area contributed by atoms with Crippen molar-refractivity contribution in [3.05, 3.63) is 52.8 Å². The number of thiazole rings is 1. The number of fused-ring (bicyclic) bond motifs is 1. The number of methoxy groups -OCH3 is 1. The fraction of sp³-hybridized carbons (Fsp3) is 0.263. The lowest BCUT2D eigenvalue weighted by Crippen LogP contribution is -2.37. The molecule has 1 heterocycles. The molecule has 3 rings (SSSR count). The summed E-state index contributed by atoms with van der Waals surface area (Å²) in [6.45, 7) is 1.01. The van der Waals surface area contributed by atoms with Gasteiger partial charge in [0.15, 0.2) is 5.13 Å². The molecule has 2 aromatic carbocycles. The largest absolute Gasteiger partial charge is 0.496 e. The number of aromatic nitrogens is 1. The average molecular weight is 444 g/mol. The van der Waals surface area contributed by atoms with Crippen molar-refractivity contribution in [1.82, 2.24) is 9.88 Å². The predicted octanol–water partition coefficient (Wildman–Crippen LogP) is 4.73. The summed E-state index contributed by atoms with van der Waals surface area (Å²) in [6, 6.07) is 9.66. The van der Waals surface area contributed by atoms with Gasteiger partial charge in [-0.05, 0) is 44.4 Å². The second kappa shape index (κ2) is 9.52. The van der Waals surface area contributed by atoms with E-state index < -0.39 is 5.82 Å². The molecule has 150 valence electrons. The van der Waals surface area contributed by atoms with E-state index in [9.17, 15) is 9.18 Å². The van der Waals surface area contributed by atoms with Gasteiger partial charge in [-0.15, -0.1) is 12.4 Å². The fourth-order valence-corrected chi connectivity index (χ4v) is 3.77. The molecular formula is C19H20Cl2FN3O2S.